The van der Waals surface area contributed by atoms with Crippen molar-refractivity contribution in [2.75, 3.05) is 13.2 Å². The van der Waals surface area contributed by atoms with Gasteiger partial charge in [0.05, 0.1) is 25.4 Å². The summed E-state index contributed by atoms with van der Waals surface area (Å²) in [5, 5.41) is 54.2. The van der Waals surface area contributed by atoms with Crippen LogP contribution in [0.25, 0.3) is 0 Å². The molecule has 1 heterocycles. The summed E-state index contributed by atoms with van der Waals surface area (Å²) >= 11 is 0. The van der Waals surface area contributed by atoms with E-state index in [1.54, 1.807) is 0 Å². The van der Waals surface area contributed by atoms with E-state index in [2.05, 4.69) is 19.2 Å². The van der Waals surface area contributed by atoms with Crippen LogP contribution in [0.3, 0.4) is 0 Å². The first-order chi connectivity index (χ1) is 24.8. The Morgan fingerprint density at radius 3 is 1.39 bits per heavy atom. The van der Waals surface area contributed by atoms with Gasteiger partial charge in [-0.3, -0.25) is 4.79 Å². The molecule has 7 unspecified atom stereocenters. The molecule has 1 aliphatic heterocycles. The monoisotopic (exact) mass is 730 g/mol. The number of ether oxygens (including phenoxy) is 2. The highest BCUT2D eigenvalue weighted by atomic mass is 16.7. The van der Waals surface area contributed by atoms with Crippen LogP contribution in [0.4, 0.5) is 0 Å². The third-order valence-electron chi connectivity index (χ3n) is 10.7. The molecule has 0 aromatic heterocycles. The molecule has 0 bridgehead atoms. The van der Waals surface area contributed by atoms with Gasteiger partial charge in [0.15, 0.2) is 6.29 Å². The van der Waals surface area contributed by atoms with Crippen LogP contribution in [0.15, 0.2) is 0 Å². The second-order valence-electron chi connectivity index (χ2n) is 15.5. The van der Waals surface area contributed by atoms with Crippen LogP contribution in [0, 0.1) is 0 Å². The Hall–Kier alpha value is -0.810. The topological polar surface area (TPSA) is 149 Å². The first kappa shape index (κ1) is 48.2. The largest absolute Gasteiger partial charge is 0.394 e. The van der Waals surface area contributed by atoms with Gasteiger partial charge in [-0.15, -0.1) is 0 Å². The normalized spacial score (nSPS) is 21.9. The Kier molecular flexibility index (Phi) is 31.9. The second-order valence-corrected chi connectivity index (χ2v) is 15.5. The molecule has 0 spiro atoms. The zero-order chi connectivity index (χ0) is 37.4. The number of amides is 1. The Morgan fingerprint density at radius 1 is 0.588 bits per heavy atom. The SMILES string of the molecule is CCCCCCCCCCCCCCCCCCCC(=O)NC(COC1OC(CO)C(O)C(O)C1O)C(O)CCCCCCCCCCCCC. The minimum Gasteiger partial charge on any atom is -0.394 e. The number of aliphatic hydroxyl groups is 5. The maximum atomic E-state index is 12.9. The number of rotatable bonds is 36. The summed E-state index contributed by atoms with van der Waals surface area (Å²) in [6.45, 7) is 3.83. The fraction of sp³-hybridized carbons (Fsp3) is 0.976. The van der Waals surface area contributed by atoms with Crippen LogP contribution in [-0.4, -0.2) is 87.5 Å². The van der Waals surface area contributed by atoms with E-state index in [9.17, 15) is 30.3 Å². The number of unbranched alkanes of at least 4 members (excludes halogenated alkanes) is 26. The highest BCUT2D eigenvalue weighted by molar-refractivity contribution is 5.76. The lowest BCUT2D eigenvalue weighted by molar-refractivity contribution is -0.302. The molecule has 7 atom stereocenters. The molecule has 0 saturated carbocycles. The summed E-state index contributed by atoms with van der Waals surface area (Å²) in [6, 6.07) is -0.709. The van der Waals surface area contributed by atoms with E-state index in [0.29, 0.717) is 12.8 Å². The molecule has 1 saturated heterocycles. The van der Waals surface area contributed by atoms with Crippen LogP contribution in [0.1, 0.15) is 206 Å². The summed E-state index contributed by atoms with van der Waals surface area (Å²) in [5.74, 6) is -0.142. The van der Waals surface area contributed by atoms with Crippen LogP contribution in [0.2, 0.25) is 0 Å². The summed E-state index contributed by atoms with van der Waals surface area (Å²) < 4.78 is 11.2. The predicted octanol–water partition coefficient (Wildman–Crippen LogP) is 8.39. The van der Waals surface area contributed by atoms with Crippen molar-refractivity contribution < 1.29 is 39.8 Å². The van der Waals surface area contributed by atoms with E-state index < -0.39 is 49.5 Å². The Labute approximate surface area is 313 Å². The first-order valence-electron chi connectivity index (χ1n) is 21.7. The van der Waals surface area contributed by atoms with E-state index in [1.807, 2.05) is 0 Å². The second kappa shape index (κ2) is 33.7. The van der Waals surface area contributed by atoms with Gasteiger partial charge in [0.1, 0.15) is 24.4 Å². The Balaban J connectivity index is 2.32. The number of hydrogen-bond acceptors (Lipinski definition) is 8. The summed E-state index contributed by atoms with van der Waals surface area (Å²) in [5.41, 5.74) is 0. The van der Waals surface area contributed by atoms with Crippen molar-refractivity contribution in [3.63, 3.8) is 0 Å². The number of carbonyl (C=O) groups is 1. The zero-order valence-corrected chi connectivity index (χ0v) is 33.1. The highest BCUT2D eigenvalue weighted by Crippen LogP contribution is 2.23. The first-order valence-corrected chi connectivity index (χ1v) is 21.7. The molecule has 0 aromatic rings. The average molecular weight is 730 g/mol. The highest BCUT2D eigenvalue weighted by Gasteiger charge is 2.44. The van der Waals surface area contributed by atoms with Gasteiger partial charge in [-0.05, 0) is 12.8 Å². The number of hydrogen-bond donors (Lipinski definition) is 6. The fourth-order valence-corrected chi connectivity index (χ4v) is 7.16. The van der Waals surface area contributed by atoms with Gasteiger partial charge < -0.3 is 40.3 Å². The summed E-state index contributed by atoms with van der Waals surface area (Å²) in [7, 11) is 0. The lowest BCUT2D eigenvalue weighted by atomic mass is 9.99. The minimum atomic E-state index is -1.55. The van der Waals surface area contributed by atoms with Crippen molar-refractivity contribution in [1.29, 1.82) is 0 Å². The number of carbonyl (C=O) groups excluding carboxylic acids is 1. The van der Waals surface area contributed by atoms with Gasteiger partial charge in [0, 0.05) is 6.42 Å². The Bertz CT molecular complexity index is 771. The predicted molar refractivity (Wildman–Crippen MR) is 208 cm³/mol. The van der Waals surface area contributed by atoms with Crippen molar-refractivity contribution in [3.05, 3.63) is 0 Å². The van der Waals surface area contributed by atoms with Crippen molar-refractivity contribution in [2.24, 2.45) is 0 Å². The molecule has 9 nitrogen and oxygen atoms in total. The number of nitrogens with one attached hydrogen (secondary N) is 1. The van der Waals surface area contributed by atoms with Crippen molar-refractivity contribution >= 4 is 5.91 Å². The zero-order valence-electron chi connectivity index (χ0n) is 33.1. The van der Waals surface area contributed by atoms with Gasteiger partial charge in [0.2, 0.25) is 5.91 Å². The molecule has 6 N–H and O–H groups in total. The van der Waals surface area contributed by atoms with Gasteiger partial charge in [-0.25, -0.2) is 0 Å². The van der Waals surface area contributed by atoms with E-state index in [0.717, 1.165) is 38.5 Å². The van der Waals surface area contributed by atoms with Gasteiger partial charge in [-0.2, -0.15) is 0 Å². The maximum absolute atomic E-state index is 12.9. The lowest BCUT2D eigenvalue weighted by Crippen LogP contribution is -2.60. The molecule has 0 aliphatic carbocycles. The molecule has 1 rings (SSSR count). The van der Waals surface area contributed by atoms with Crippen LogP contribution < -0.4 is 5.32 Å². The third-order valence-corrected chi connectivity index (χ3v) is 10.7. The molecule has 1 aliphatic rings. The third kappa shape index (κ3) is 25.0. The Morgan fingerprint density at radius 2 is 0.980 bits per heavy atom. The molecular weight excluding hydrogens is 646 g/mol. The molecular formula is C42H83NO8. The van der Waals surface area contributed by atoms with E-state index in [4.69, 9.17) is 9.47 Å². The molecule has 0 aromatic carbocycles. The number of aliphatic hydroxyl groups excluding tert-OH is 5. The molecule has 51 heavy (non-hydrogen) atoms. The molecule has 304 valence electrons. The van der Waals surface area contributed by atoms with E-state index in [-0.39, 0.29) is 12.5 Å². The van der Waals surface area contributed by atoms with Gasteiger partial charge >= 0.3 is 0 Å². The van der Waals surface area contributed by atoms with Gasteiger partial charge in [0.25, 0.3) is 0 Å². The van der Waals surface area contributed by atoms with Gasteiger partial charge in [-0.1, -0.05) is 187 Å². The maximum Gasteiger partial charge on any atom is 0.220 e. The molecule has 1 fully saturated rings. The van der Waals surface area contributed by atoms with Crippen LogP contribution >= 0.6 is 0 Å². The minimum absolute atomic E-state index is 0.132. The summed E-state index contributed by atoms with van der Waals surface area (Å²) in [4.78, 5) is 12.9. The van der Waals surface area contributed by atoms with E-state index in [1.165, 1.54) is 141 Å². The fourth-order valence-electron chi connectivity index (χ4n) is 7.16. The van der Waals surface area contributed by atoms with E-state index >= 15 is 0 Å². The molecule has 0 radical (unpaired) electrons. The molecule has 1 amide bonds. The van der Waals surface area contributed by atoms with Crippen LogP contribution in [-0.2, 0) is 14.3 Å². The smallest absolute Gasteiger partial charge is 0.220 e. The average Bonchev–Trinajstić information content (AvgIpc) is 3.13. The van der Waals surface area contributed by atoms with Crippen LogP contribution in [0.5, 0.6) is 0 Å². The standard InChI is InChI=1S/C42H83NO8/c1-3-5-7-9-11-13-15-16-17-18-19-20-22-24-26-28-30-32-38(46)43-35(34-50-42-41(49)40(48)39(47)37(33-44)51-42)36(45)31-29-27-25-23-21-14-12-10-8-6-4-2/h35-37,39-42,44-45,47-49H,3-34H2,1-2H3,(H,43,46). The van der Waals surface area contributed by atoms with Crippen molar-refractivity contribution in [1.82, 2.24) is 5.32 Å². The quantitative estimate of drug-likeness (QED) is 0.0353. The molecule has 9 heteroatoms. The summed E-state index contributed by atoms with van der Waals surface area (Å²) in [6.07, 6.45) is 28.2. The van der Waals surface area contributed by atoms with Crippen molar-refractivity contribution in [3.8, 4) is 0 Å². The van der Waals surface area contributed by atoms with Crippen molar-refractivity contribution in [2.45, 2.75) is 249 Å². The lowest BCUT2D eigenvalue weighted by Gasteiger charge is -2.40.